The van der Waals surface area contributed by atoms with Crippen LogP contribution in [0.3, 0.4) is 0 Å². The van der Waals surface area contributed by atoms with E-state index >= 15 is 0 Å². The summed E-state index contributed by atoms with van der Waals surface area (Å²) in [7, 11) is 0. The smallest absolute Gasteiger partial charge is 0.351 e. The number of carbonyl (C=O) groups is 1. The van der Waals surface area contributed by atoms with Crippen molar-refractivity contribution in [3.63, 3.8) is 0 Å². The number of carboxylic acid groups (broad SMARTS) is 1. The second kappa shape index (κ2) is 3.71. The fraction of sp³-hybridized carbons (Fsp3) is 0. The number of benzene rings is 1. The third-order valence-electron chi connectivity index (χ3n) is 2.16. The molecule has 2 aromatic rings. The molecule has 7 nitrogen and oxygen atoms in total. The Morgan fingerprint density at radius 3 is 2.65 bits per heavy atom. The largest absolute Gasteiger partial charge is 0.477 e. The number of non-ortho nitro benzene ring substituents is 1. The van der Waals surface area contributed by atoms with Crippen molar-refractivity contribution in [1.82, 2.24) is 0 Å². The number of hydrogen-bond donors (Lipinski definition) is 1. The fourth-order valence-corrected chi connectivity index (χ4v) is 1.36. The van der Waals surface area contributed by atoms with Crippen LogP contribution in [0.15, 0.2) is 33.5 Å². The van der Waals surface area contributed by atoms with Gasteiger partial charge in [0.1, 0.15) is 11.1 Å². The number of fused-ring (bicyclic) bond motifs is 1. The molecule has 0 saturated heterocycles. The van der Waals surface area contributed by atoms with E-state index in [-0.39, 0.29) is 11.3 Å². The first-order valence-electron chi connectivity index (χ1n) is 4.44. The summed E-state index contributed by atoms with van der Waals surface area (Å²) >= 11 is 0. The first-order chi connectivity index (χ1) is 7.99. The monoisotopic (exact) mass is 235 g/mol. The highest BCUT2D eigenvalue weighted by molar-refractivity contribution is 5.91. The maximum atomic E-state index is 11.2. The Morgan fingerprint density at radius 2 is 2.06 bits per heavy atom. The minimum absolute atomic E-state index is 0.0193. The summed E-state index contributed by atoms with van der Waals surface area (Å²) in [6.07, 6.45) is 0. The van der Waals surface area contributed by atoms with E-state index in [0.29, 0.717) is 5.39 Å². The van der Waals surface area contributed by atoms with Crippen LogP contribution >= 0.6 is 0 Å². The number of nitro benzene ring substituents is 1. The summed E-state index contributed by atoms with van der Waals surface area (Å²) in [5.74, 6) is -1.40. The Labute approximate surface area is 93.1 Å². The van der Waals surface area contributed by atoms with Crippen LogP contribution < -0.4 is 5.63 Å². The number of hydrogen-bond acceptors (Lipinski definition) is 5. The van der Waals surface area contributed by atoms with Crippen LogP contribution in [-0.2, 0) is 0 Å². The normalized spacial score (nSPS) is 10.4. The van der Waals surface area contributed by atoms with Gasteiger partial charge in [-0.3, -0.25) is 10.1 Å². The SMILES string of the molecule is O=C(O)c1cc2ccc([N+](=O)[O-])cc2oc1=O. The van der Waals surface area contributed by atoms with E-state index in [9.17, 15) is 19.7 Å². The Balaban J connectivity index is 2.75. The molecular formula is C10H5NO6. The molecule has 0 aliphatic heterocycles. The highest BCUT2D eigenvalue weighted by Gasteiger charge is 2.14. The van der Waals surface area contributed by atoms with Gasteiger partial charge in [-0.1, -0.05) is 0 Å². The van der Waals surface area contributed by atoms with Crippen molar-refractivity contribution in [1.29, 1.82) is 0 Å². The zero-order valence-corrected chi connectivity index (χ0v) is 8.25. The van der Waals surface area contributed by atoms with Crippen LogP contribution in [0.4, 0.5) is 5.69 Å². The first-order valence-corrected chi connectivity index (χ1v) is 4.44. The Kier molecular flexibility index (Phi) is 2.36. The number of carboxylic acids is 1. The summed E-state index contributed by atoms with van der Waals surface area (Å²) in [5.41, 5.74) is -1.80. The molecule has 0 radical (unpaired) electrons. The van der Waals surface area contributed by atoms with Crippen LogP contribution in [0.1, 0.15) is 10.4 Å². The third-order valence-corrected chi connectivity index (χ3v) is 2.16. The van der Waals surface area contributed by atoms with Gasteiger partial charge in [0.2, 0.25) is 0 Å². The minimum atomic E-state index is -1.40. The molecule has 17 heavy (non-hydrogen) atoms. The molecule has 1 aromatic carbocycles. The van der Waals surface area contributed by atoms with Crippen LogP contribution in [0.2, 0.25) is 0 Å². The van der Waals surface area contributed by atoms with Crippen LogP contribution in [-0.4, -0.2) is 16.0 Å². The molecule has 0 aliphatic carbocycles. The highest BCUT2D eigenvalue weighted by atomic mass is 16.6. The molecule has 0 fully saturated rings. The number of nitro groups is 1. The maximum absolute atomic E-state index is 11.2. The van der Waals surface area contributed by atoms with Gasteiger partial charge in [0.15, 0.2) is 0 Å². The second-order valence-corrected chi connectivity index (χ2v) is 3.23. The molecule has 2 rings (SSSR count). The number of aromatic carboxylic acids is 1. The Bertz CT molecular complexity index is 687. The van der Waals surface area contributed by atoms with Gasteiger partial charge in [-0.2, -0.15) is 0 Å². The fourth-order valence-electron chi connectivity index (χ4n) is 1.36. The van der Waals surface area contributed by atoms with Gasteiger partial charge < -0.3 is 9.52 Å². The average molecular weight is 235 g/mol. The van der Waals surface area contributed by atoms with Gasteiger partial charge in [0.05, 0.1) is 11.0 Å². The quantitative estimate of drug-likeness (QED) is 0.478. The molecule has 0 saturated carbocycles. The van der Waals surface area contributed by atoms with E-state index in [1.165, 1.54) is 12.1 Å². The third kappa shape index (κ3) is 1.85. The van der Waals surface area contributed by atoms with Crippen molar-refractivity contribution in [2.75, 3.05) is 0 Å². The molecule has 0 bridgehead atoms. The van der Waals surface area contributed by atoms with E-state index in [1.807, 2.05) is 0 Å². The molecule has 0 spiro atoms. The molecular weight excluding hydrogens is 230 g/mol. The summed E-state index contributed by atoms with van der Waals surface area (Å²) in [6, 6.07) is 4.71. The van der Waals surface area contributed by atoms with Gasteiger partial charge in [0.25, 0.3) is 5.69 Å². The van der Waals surface area contributed by atoms with Gasteiger partial charge in [-0.25, -0.2) is 9.59 Å². The Morgan fingerprint density at radius 1 is 1.35 bits per heavy atom. The molecule has 0 amide bonds. The molecule has 86 valence electrons. The maximum Gasteiger partial charge on any atom is 0.351 e. The lowest BCUT2D eigenvalue weighted by atomic mass is 10.2. The van der Waals surface area contributed by atoms with E-state index in [4.69, 9.17) is 9.52 Å². The molecule has 1 aromatic heterocycles. The topological polar surface area (TPSA) is 111 Å². The van der Waals surface area contributed by atoms with Crippen molar-refractivity contribution < 1.29 is 19.2 Å². The molecule has 0 atom stereocenters. The average Bonchev–Trinajstić information content (AvgIpc) is 2.26. The van der Waals surface area contributed by atoms with Crippen molar-refractivity contribution in [2.45, 2.75) is 0 Å². The molecule has 1 heterocycles. The lowest BCUT2D eigenvalue weighted by Gasteiger charge is -1.98. The van der Waals surface area contributed by atoms with Gasteiger partial charge in [-0.15, -0.1) is 0 Å². The molecule has 0 aliphatic rings. The summed E-state index contributed by atoms with van der Waals surface area (Å²) < 4.78 is 4.70. The summed E-state index contributed by atoms with van der Waals surface area (Å²) in [6.45, 7) is 0. The number of nitrogens with zero attached hydrogens (tertiary/aromatic N) is 1. The van der Waals surface area contributed by atoms with Gasteiger partial charge >= 0.3 is 11.6 Å². The zero-order valence-electron chi connectivity index (χ0n) is 8.25. The minimum Gasteiger partial charge on any atom is -0.477 e. The van der Waals surface area contributed by atoms with E-state index in [2.05, 4.69) is 0 Å². The lowest BCUT2D eigenvalue weighted by Crippen LogP contribution is -2.12. The van der Waals surface area contributed by atoms with Crippen molar-refractivity contribution >= 4 is 22.6 Å². The van der Waals surface area contributed by atoms with Crippen LogP contribution in [0, 0.1) is 10.1 Å². The second-order valence-electron chi connectivity index (χ2n) is 3.23. The predicted octanol–water partition coefficient (Wildman–Crippen LogP) is 1.40. The molecule has 0 unspecified atom stereocenters. The standard InChI is InChI=1S/C10H5NO6/c12-9(13)7-3-5-1-2-6(11(15)16)4-8(5)17-10(7)14/h1-4H,(H,12,13). The van der Waals surface area contributed by atoms with Gasteiger partial charge in [-0.05, 0) is 12.1 Å². The van der Waals surface area contributed by atoms with Crippen molar-refractivity contribution in [3.8, 4) is 0 Å². The van der Waals surface area contributed by atoms with Crippen LogP contribution in [0.5, 0.6) is 0 Å². The summed E-state index contributed by atoms with van der Waals surface area (Å²) in [4.78, 5) is 31.8. The van der Waals surface area contributed by atoms with E-state index in [1.54, 1.807) is 0 Å². The highest BCUT2D eigenvalue weighted by Crippen LogP contribution is 2.20. The predicted molar refractivity (Wildman–Crippen MR) is 56.1 cm³/mol. The van der Waals surface area contributed by atoms with Crippen molar-refractivity contribution in [3.05, 3.63) is 50.4 Å². The van der Waals surface area contributed by atoms with Gasteiger partial charge in [0, 0.05) is 11.5 Å². The van der Waals surface area contributed by atoms with Crippen LogP contribution in [0.25, 0.3) is 11.0 Å². The van der Waals surface area contributed by atoms with Crippen molar-refractivity contribution in [2.24, 2.45) is 0 Å². The van der Waals surface area contributed by atoms with E-state index < -0.39 is 22.1 Å². The van der Waals surface area contributed by atoms with E-state index in [0.717, 1.165) is 12.1 Å². The first kappa shape index (κ1) is 10.8. The lowest BCUT2D eigenvalue weighted by molar-refractivity contribution is -0.384. The summed E-state index contributed by atoms with van der Waals surface area (Å²) in [5, 5.41) is 19.5. The zero-order chi connectivity index (χ0) is 12.6. The molecule has 7 heteroatoms. The Hall–Kier alpha value is -2.70. The molecule has 1 N–H and O–H groups in total. The number of rotatable bonds is 2.